The quantitative estimate of drug-likeness (QED) is 0.0720. The number of hydrogen-bond acceptors (Lipinski definition) is 7. The molecule has 1 aromatic carbocycles. The van der Waals surface area contributed by atoms with Gasteiger partial charge in [0.15, 0.2) is 5.96 Å². The van der Waals surface area contributed by atoms with Crippen LogP contribution in [0.3, 0.4) is 0 Å². The monoisotopic (exact) mass is 565 g/mol. The molecule has 1 aromatic rings. The molecule has 10 N–H and O–H groups in total. The minimum Gasteiger partial charge on any atom is -0.480 e. The van der Waals surface area contributed by atoms with E-state index in [0.29, 0.717) is 18.6 Å². The Labute approximate surface area is 234 Å². The minimum absolute atomic E-state index is 0.0987. The summed E-state index contributed by atoms with van der Waals surface area (Å²) in [7, 11) is 0. The number of nitrogens with one attached hydrogen (secondary N) is 3. The predicted molar refractivity (Wildman–Crippen MR) is 154 cm³/mol. The molecule has 0 aromatic heterocycles. The van der Waals surface area contributed by atoms with Gasteiger partial charge >= 0.3 is 5.97 Å². The number of guanidine groups is 1. The second-order valence-corrected chi connectivity index (χ2v) is 10.7. The molecular formula is C26H43N7O5S. The molecule has 0 spiro atoms. The van der Waals surface area contributed by atoms with Crippen molar-refractivity contribution in [3.63, 3.8) is 0 Å². The van der Waals surface area contributed by atoms with E-state index in [9.17, 15) is 24.3 Å². The van der Waals surface area contributed by atoms with E-state index in [1.165, 1.54) is 11.8 Å². The van der Waals surface area contributed by atoms with E-state index in [-0.39, 0.29) is 37.7 Å². The summed E-state index contributed by atoms with van der Waals surface area (Å²) in [5.74, 6) is -2.25. The fraction of sp³-hybridized carbons (Fsp3) is 0.577. The average molecular weight is 566 g/mol. The van der Waals surface area contributed by atoms with Gasteiger partial charge in [0.2, 0.25) is 17.7 Å². The van der Waals surface area contributed by atoms with E-state index in [4.69, 9.17) is 17.2 Å². The Morgan fingerprint density at radius 1 is 0.923 bits per heavy atom. The van der Waals surface area contributed by atoms with Gasteiger partial charge in [0.05, 0.1) is 6.04 Å². The van der Waals surface area contributed by atoms with Gasteiger partial charge in [-0.15, -0.1) is 0 Å². The Balaban J connectivity index is 3.03. The molecule has 39 heavy (non-hydrogen) atoms. The van der Waals surface area contributed by atoms with Crippen LogP contribution in [0, 0.1) is 5.92 Å². The first-order valence-electron chi connectivity index (χ1n) is 12.9. The van der Waals surface area contributed by atoms with Gasteiger partial charge in [-0.1, -0.05) is 44.2 Å². The fourth-order valence-corrected chi connectivity index (χ4v) is 4.23. The number of carbonyl (C=O) groups is 4. The molecule has 4 atom stereocenters. The number of rotatable bonds is 18. The summed E-state index contributed by atoms with van der Waals surface area (Å²) >= 11 is 1.48. The molecular weight excluding hydrogens is 522 g/mol. The number of carboxylic acids is 1. The van der Waals surface area contributed by atoms with Crippen LogP contribution in [0.1, 0.15) is 45.1 Å². The van der Waals surface area contributed by atoms with Crippen LogP contribution in [0.15, 0.2) is 35.3 Å². The molecule has 0 aliphatic heterocycles. The lowest BCUT2D eigenvalue weighted by Gasteiger charge is -2.25. The van der Waals surface area contributed by atoms with Gasteiger partial charge in [0.1, 0.15) is 18.1 Å². The van der Waals surface area contributed by atoms with Crippen LogP contribution in [0.25, 0.3) is 0 Å². The molecule has 0 saturated carbocycles. The van der Waals surface area contributed by atoms with Crippen molar-refractivity contribution in [2.24, 2.45) is 28.1 Å². The molecule has 0 radical (unpaired) electrons. The summed E-state index contributed by atoms with van der Waals surface area (Å²) < 4.78 is 0. The number of aliphatic imine (C=N–C) groups is 1. The fourth-order valence-electron chi connectivity index (χ4n) is 3.76. The normalized spacial score (nSPS) is 14.0. The first-order valence-corrected chi connectivity index (χ1v) is 14.3. The Morgan fingerprint density at radius 3 is 2.08 bits per heavy atom. The Morgan fingerprint density at radius 2 is 1.51 bits per heavy atom. The molecule has 13 heteroatoms. The largest absolute Gasteiger partial charge is 0.480 e. The number of hydrogen-bond donors (Lipinski definition) is 7. The molecule has 0 bridgehead atoms. The number of carbonyl (C=O) groups excluding carboxylic acids is 3. The lowest BCUT2D eigenvalue weighted by atomic mass is 10.0. The maximum Gasteiger partial charge on any atom is 0.326 e. The number of nitrogens with zero attached hydrogens (tertiary/aromatic N) is 1. The number of amides is 3. The second kappa shape index (κ2) is 18.1. The standard InChI is InChI=1S/C26H43N7O5S/c1-16(2)14-18(27)22(34)33-21(15-17-8-5-4-6-9-17)24(36)31-19(11-13-39-3)23(35)32-20(25(37)38)10-7-12-30-26(28)29/h4-6,8-9,16,18-21H,7,10-15,27H2,1-3H3,(H,31,36)(H,32,35)(H,33,34)(H,37,38)(H4,28,29,30). The third kappa shape index (κ3) is 13.9. The SMILES string of the molecule is CSCCC(NC(=O)C(Cc1ccccc1)NC(=O)C(N)CC(C)C)C(=O)NC(CCCN=C(N)N)C(=O)O. The summed E-state index contributed by atoms with van der Waals surface area (Å²) in [6.45, 7) is 4.11. The Hall–Kier alpha value is -3.32. The molecule has 1 rings (SSSR count). The van der Waals surface area contributed by atoms with Crippen LogP contribution in [0.4, 0.5) is 0 Å². The van der Waals surface area contributed by atoms with E-state index in [2.05, 4.69) is 20.9 Å². The van der Waals surface area contributed by atoms with Crippen molar-refractivity contribution in [2.45, 2.75) is 70.1 Å². The van der Waals surface area contributed by atoms with Crippen molar-refractivity contribution >= 4 is 41.4 Å². The molecule has 0 heterocycles. The van der Waals surface area contributed by atoms with Crippen molar-refractivity contribution < 1.29 is 24.3 Å². The minimum atomic E-state index is -1.21. The van der Waals surface area contributed by atoms with Crippen molar-refractivity contribution in [2.75, 3.05) is 18.6 Å². The first kappa shape index (κ1) is 33.7. The van der Waals surface area contributed by atoms with E-state index >= 15 is 0 Å². The summed E-state index contributed by atoms with van der Waals surface area (Å²) in [5.41, 5.74) is 17.4. The van der Waals surface area contributed by atoms with Crippen LogP contribution in [-0.4, -0.2) is 77.5 Å². The number of thioether (sulfide) groups is 1. The van der Waals surface area contributed by atoms with Crippen molar-refractivity contribution in [3.05, 3.63) is 35.9 Å². The van der Waals surface area contributed by atoms with Gasteiger partial charge < -0.3 is 38.3 Å². The topological polar surface area (TPSA) is 215 Å². The lowest BCUT2D eigenvalue weighted by Crippen LogP contribution is -2.57. The number of carboxylic acid groups (broad SMARTS) is 1. The third-order valence-corrected chi connectivity index (χ3v) is 6.43. The van der Waals surface area contributed by atoms with E-state index in [1.54, 1.807) is 0 Å². The Kier molecular flexibility index (Phi) is 15.6. The maximum absolute atomic E-state index is 13.4. The highest BCUT2D eigenvalue weighted by atomic mass is 32.2. The zero-order chi connectivity index (χ0) is 29.4. The van der Waals surface area contributed by atoms with Crippen LogP contribution >= 0.6 is 11.8 Å². The van der Waals surface area contributed by atoms with Crippen molar-refractivity contribution in [1.29, 1.82) is 0 Å². The molecule has 0 aliphatic rings. The second-order valence-electron chi connectivity index (χ2n) is 9.68. The Bertz CT molecular complexity index is 957. The van der Waals surface area contributed by atoms with E-state index in [1.807, 2.05) is 50.4 Å². The summed E-state index contributed by atoms with van der Waals surface area (Å²) in [6.07, 6.45) is 3.18. The van der Waals surface area contributed by atoms with Crippen LogP contribution in [0.5, 0.6) is 0 Å². The zero-order valence-electron chi connectivity index (χ0n) is 22.9. The van der Waals surface area contributed by atoms with Crippen LogP contribution < -0.4 is 33.2 Å². The first-order chi connectivity index (χ1) is 18.4. The zero-order valence-corrected chi connectivity index (χ0v) is 23.7. The average Bonchev–Trinajstić information content (AvgIpc) is 2.87. The van der Waals surface area contributed by atoms with Gasteiger partial charge in [0, 0.05) is 13.0 Å². The van der Waals surface area contributed by atoms with Crippen molar-refractivity contribution in [3.8, 4) is 0 Å². The predicted octanol–water partition coefficient (Wildman–Crippen LogP) is -0.0518. The van der Waals surface area contributed by atoms with Gasteiger partial charge in [-0.3, -0.25) is 19.4 Å². The highest BCUT2D eigenvalue weighted by molar-refractivity contribution is 7.98. The summed E-state index contributed by atoms with van der Waals surface area (Å²) in [4.78, 5) is 54.8. The molecule has 12 nitrogen and oxygen atoms in total. The van der Waals surface area contributed by atoms with E-state index in [0.717, 1.165) is 5.56 Å². The highest BCUT2D eigenvalue weighted by Gasteiger charge is 2.30. The molecule has 0 aliphatic carbocycles. The van der Waals surface area contributed by atoms with E-state index < -0.39 is 47.9 Å². The van der Waals surface area contributed by atoms with Crippen LogP contribution in [-0.2, 0) is 25.6 Å². The molecule has 0 fully saturated rings. The third-order valence-electron chi connectivity index (χ3n) is 5.78. The van der Waals surface area contributed by atoms with Gasteiger partial charge in [-0.25, -0.2) is 4.79 Å². The summed E-state index contributed by atoms with van der Waals surface area (Å²) in [5, 5.41) is 17.5. The number of nitrogens with two attached hydrogens (primary N) is 3. The van der Waals surface area contributed by atoms with Crippen molar-refractivity contribution in [1.82, 2.24) is 16.0 Å². The molecule has 0 saturated heterocycles. The molecule has 4 unspecified atom stereocenters. The number of benzene rings is 1. The maximum atomic E-state index is 13.4. The van der Waals surface area contributed by atoms with Gasteiger partial charge in [0.25, 0.3) is 0 Å². The van der Waals surface area contributed by atoms with Gasteiger partial charge in [-0.2, -0.15) is 11.8 Å². The smallest absolute Gasteiger partial charge is 0.326 e. The lowest BCUT2D eigenvalue weighted by molar-refractivity contribution is -0.142. The molecule has 3 amide bonds. The van der Waals surface area contributed by atoms with Crippen LogP contribution in [0.2, 0.25) is 0 Å². The molecule has 218 valence electrons. The summed E-state index contributed by atoms with van der Waals surface area (Å²) in [6, 6.07) is 5.18. The highest BCUT2D eigenvalue weighted by Crippen LogP contribution is 2.09. The van der Waals surface area contributed by atoms with Gasteiger partial charge in [-0.05, 0) is 49.2 Å². The number of aliphatic carboxylic acids is 1.